The van der Waals surface area contributed by atoms with Crippen LogP contribution >= 0.6 is 11.3 Å². The predicted molar refractivity (Wildman–Crippen MR) is 70.8 cm³/mol. The van der Waals surface area contributed by atoms with E-state index < -0.39 is 0 Å². The third kappa shape index (κ3) is 7.56. The molecule has 0 unspecified atom stereocenters. The van der Waals surface area contributed by atoms with E-state index in [-0.39, 0.29) is 0 Å². The zero-order valence-corrected chi connectivity index (χ0v) is 10.2. The average molecular weight is 208 g/mol. The number of allylic oxidation sites excluding steroid dienone is 3. The van der Waals surface area contributed by atoms with E-state index in [1.165, 1.54) is 5.56 Å². The Morgan fingerprint density at radius 2 is 1.86 bits per heavy atom. The van der Waals surface area contributed by atoms with Crippen molar-refractivity contribution in [3.8, 4) is 0 Å². The monoisotopic (exact) mass is 208 g/mol. The Balaban J connectivity index is 0. The van der Waals surface area contributed by atoms with Crippen molar-refractivity contribution in [2.24, 2.45) is 0 Å². The number of hydrogen-bond acceptors (Lipinski definition) is 1. The summed E-state index contributed by atoms with van der Waals surface area (Å²) < 4.78 is 0. The molecule has 1 aromatic heterocycles. The molecule has 0 aliphatic carbocycles. The van der Waals surface area contributed by atoms with Crippen LogP contribution in [0.5, 0.6) is 0 Å². The summed E-state index contributed by atoms with van der Waals surface area (Å²) in [7, 11) is 0. The van der Waals surface area contributed by atoms with Crippen molar-refractivity contribution in [3.05, 3.63) is 54.3 Å². The average Bonchev–Trinajstić information content (AvgIpc) is 2.74. The van der Waals surface area contributed by atoms with E-state index in [4.69, 9.17) is 0 Å². The molecule has 0 fully saturated rings. The Morgan fingerprint density at radius 1 is 1.36 bits per heavy atom. The third-order valence-electron chi connectivity index (χ3n) is 1.14. The molecule has 78 valence electrons. The van der Waals surface area contributed by atoms with Gasteiger partial charge in [0.25, 0.3) is 0 Å². The van der Waals surface area contributed by atoms with E-state index >= 15 is 0 Å². The number of hydrogen-bond donors (Lipinski definition) is 0. The van der Waals surface area contributed by atoms with Gasteiger partial charge in [-0.15, -0.1) is 6.58 Å². The largest absolute Gasteiger partial charge is 0.152 e. The van der Waals surface area contributed by atoms with Gasteiger partial charge in [0.05, 0.1) is 0 Å². The number of thiophene rings is 1. The fraction of sp³-hybridized carbons (Fsp3) is 0.231. The molecule has 0 aliphatic rings. The highest BCUT2D eigenvalue weighted by atomic mass is 32.1. The van der Waals surface area contributed by atoms with Crippen LogP contribution in [0.3, 0.4) is 0 Å². The van der Waals surface area contributed by atoms with E-state index in [1.54, 1.807) is 23.5 Å². The first kappa shape index (κ1) is 15.4. The number of rotatable bonds is 2. The Labute approximate surface area is 92.3 Å². The summed E-state index contributed by atoms with van der Waals surface area (Å²) in [4.78, 5) is 0. The van der Waals surface area contributed by atoms with E-state index in [1.807, 2.05) is 32.2 Å². The molecule has 0 nitrogen and oxygen atoms in total. The van der Waals surface area contributed by atoms with Crippen LogP contribution in [0.25, 0.3) is 5.57 Å². The van der Waals surface area contributed by atoms with Gasteiger partial charge >= 0.3 is 0 Å². The zero-order valence-electron chi connectivity index (χ0n) is 9.42. The highest BCUT2D eigenvalue weighted by molar-refractivity contribution is 7.08. The van der Waals surface area contributed by atoms with Gasteiger partial charge in [-0.25, -0.2) is 0 Å². The first-order chi connectivity index (χ1) is 6.76. The van der Waals surface area contributed by atoms with Crippen molar-refractivity contribution in [1.29, 1.82) is 0 Å². The second-order valence-corrected chi connectivity index (χ2v) is 2.93. The lowest BCUT2D eigenvalue weighted by Crippen LogP contribution is -1.67. The van der Waals surface area contributed by atoms with Crippen LogP contribution < -0.4 is 0 Å². The van der Waals surface area contributed by atoms with Gasteiger partial charge in [-0.3, -0.25) is 0 Å². The second-order valence-electron chi connectivity index (χ2n) is 2.15. The molecular weight excluding hydrogens is 188 g/mol. The molecule has 0 radical (unpaired) electrons. The molecule has 0 saturated carbocycles. The highest BCUT2D eigenvalue weighted by Crippen LogP contribution is 2.15. The maximum absolute atomic E-state index is 3.80. The van der Waals surface area contributed by atoms with Crippen LogP contribution in [-0.2, 0) is 0 Å². The maximum atomic E-state index is 3.80. The van der Waals surface area contributed by atoms with Crippen molar-refractivity contribution in [3.63, 3.8) is 0 Å². The van der Waals surface area contributed by atoms with Gasteiger partial charge in [0.1, 0.15) is 0 Å². The zero-order chi connectivity index (χ0) is 11.4. The Hall–Kier alpha value is -1.08. The van der Waals surface area contributed by atoms with Gasteiger partial charge in [-0.05, 0) is 34.9 Å². The van der Waals surface area contributed by atoms with Crippen LogP contribution in [0.4, 0.5) is 0 Å². The highest BCUT2D eigenvalue weighted by Gasteiger charge is 1.90. The van der Waals surface area contributed by atoms with Crippen LogP contribution in [0.15, 0.2) is 48.7 Å². The Kier molecular flexibility index (Phi) is 13.1. The normalized spacial score (nSPS) is 7.07. The van der Waals surface area contributed by atoms with Crippen molar-refractivity contribution in [2.45, 2.75) is 20.8 Å². The fourth-order valence-electron chi connectivity index (χ4n) is 0.565. The van der Waals surface area contributed by atoms with Crippen molar-refractivity contribution >= 4 is 16.9 Å². The lowest BCUT2D eigenvalue weighted by Gasteiger charge is -1.89. The lowest BCUT2D eigenvalue weighted by molar-refractivity contribution is 1.50. The van der Waals surface area contributed by atoms with E-state index in [0.29, 0.717) is 0 Å². The summed E-state index contributed by atoms with van der Waals surface area (Å²) in [5.41, 5.74) is 2.17. The predicted octanol–water partition coefficient (Wildman–Crippen LogP) is 5.17. The van der Waals surface area contributed by atoms with E-state index in [9.17, 15) is 0 Å². The molecule has 0 amide bonds. The summed E-state index contributed by atoms with van der Waals surface area (Å²) in [6.07, 6.45) is 3.52. The Bertz CT molecular complexity index is 242. The molecule has 0 aliphatic heterocycles. The summed E-state index contributed by atoms with van der Waals surface area (Å²) in [6.45, 7) is 16.7. The van der Waals surface area contributed by atoms with Crippen molar-refractivity contribution in [1.82, 2.24) is 0 Å². The van der Waals surface area contributed by atoms with Gasteiger partial charge in [0, 0.05) is 0 Å². The van der Waals surface area contributed by atoms with Gasteiger partial charge < -0.3 is 0 Å². The summed E-state index contributed by atoms with van der Waals surface area (Å²) in [5, 5.41) is 4.09. The smallest absolute Gasteiger partial charge is 0.00150 e. The molecule has 14 heavy (non-hydrogen) atoms. The topological polar surface area (TPSA) is 0 Å². The standard InChI is InChI=1S/C8H8S.C3H6.C2H6/c1-3-7(2)8-4-5-9-6-8;1-3-2;1-2/h3-6H,1-2H2;3H,1H2,2H3;1-2H3. The lowest BCUT2D eigenvalue weighted by atomic mass is 10.2. The first-order valence-electron chi connectivity index (χ1n) is 4.67. The molecule has 1 heteroatoms. The third-order valence-corrected chi connectivity index (χ3v) is 1.82. The fourth-order valence-corrected chi connectivity index (χ4v) is 1.25. The van der Waals surface area contributed by atoms with Gasteiger partial charge in [-0.2, -0.15) is 11.3 Å². The second kappa shape index (κ2) is 11.9. The molecule has 0 aromatic carbocycles. The maximum Gasteiger partial charge on any atom is -0.00150 e. The molecule has 1 heterocycles. The minimum atomic E-state index is 0.997. The van der Waals surface area contributed by atoms with E-state index in [2.05, 4.69) is 25.1 Å². The molecular formula is C13H20S. The molecule has 0 saturated heterocycles. The minimum absolute atomic E-state index is 0.997. The minimum Gasteiger partial charge on any atom is -0.152 e. The van der Waals surface area contributed by atoms with Crippen molar-refractivity contribution < 1.29 is 0 Å². The first-order valence-corrected chi connectivity index (χ1v) is 5.61. The van der Waals surface area contributed by atoms with Crippen LogP contribution in [-0.4, -0.2) is 0 Å². The van der Waals surface area contributed by atoms with Crippen molar-refractivity contribution in [2.75, 3.05) is 0 Å². The molecule has 0 spiro atoms. The van der Waals surface area contributed by atoms with Gasteiger partial charge in [0.15, 0.2) is 0 Å². The molecule has 1 rings (SSSR count). The van der Waals surface area contributed by atoms with Crippen LogP contribution in [0.1, 0.15) is 26.3 Å². The summed E-state index contributed by atoms with van der Waals surface area (Å²) in [6, 6.07) is 2.04. The Morgan fingerprint density at radius 3 is 2.14 bits per heavy atom. The molecule has 1 aromatic rings. The van der Waals surface area contributed by atoms with Crippen LogP contribution in [0, 0.1) is 0 Å². The van der Waals surface area contributed by atoms with Gasteiger partial charge in [-0.1, -0.05) is 39.2 Å². The molecule has 0 bridgehead atoms. The summed E-state index contributed by atoms with van der Waals surface area (Å²) in [5.74, 6) is 0. The summed E-state index contributed by atoms with van der Waals surface area (Å²) >= 11 is 1.67. The quantitative estimate of drug-likeness (QED) is 0.465. The van der Waals surface area contributed by atoms with Crippen LogP contribution in [0.2, 0.25) is 0 Å². The SMILES string of the molecule is C=CC.C=CC(=C)c1ccsc1.CC. The molecule has 0 N–H and O–H groups in total. The molecule has 0 atom stereocenters. The van der Waals surface area contributed by atoms with E-state index in [0.717, 1.165) is 5.57 Å². The van der Waals surface area contributed by atoms with Gasteiger partial charge in [0.2, 0.25) is 0 Å².